The molecular formula is C15H24N2OS. The number of rotatable bonds is 7. The summed E-state index contributed by atoms with van der Waals surface area (Å²) in [5.74, 6) is 0.310. The maximum Gasteiger partial charge on any atom is 0.222 e. The van der Waals surface area contributed by atoms with E-state index in [-0.39, 0.29) is 0 Å². The van der Waals surface area contributed by atoms with Crippen LogP contribution in [0.3, 0.4) is 0 Å². The summed E-state index contributed by atoms with van der Waals surface area (Å²) < 4.78 is 0. The first-order chi connectivity index (χ1) is 9.27. The Kier molecular flexibility index (Phi) is 5.86. The van der Waals surface area contributed by atoms with Gasteiger partial charge in [-0.2, -0.15) is 0 Å². The average Bonchev–Trinajstić information content (AvgIpc) is 3.10. The van der Waals surface area contributed by atoms with E-state index >= 15 is 0 Å². The second-order valence-corrected chi connectivity index (χ2v) is 6.32. The molecule has 3 nitrogen and oxygen atoms in total. The van der Waals surface area contributed by atoms with E-state index in [1.807, 2.05) is 23.3 Å². The van der Waals surface area contributed by atoms with E-state index in [0.717, 1.165) is 38.8 Å². The molecular weight excluding hydrogens is 256 g/mol. The standard InChI is InChI=1S/C15H24N2OS/c1-17(13-9-10-16-12-13)15(18)8-4-2-3-6-14-7-5-11-19-14/h5,7,11,13,16H,2-4,6,8-10,12H2,1H3. The predicted molar refractivity (Wildman–Crippen MR) is 80.5 cm³/mol. The highest BCUT2D eigenvalue weighted by Crippen LogP contribution is 2.14. The molecule has 1 aliphatic heterocycles. The average molecular weight is 280 g/mol. The van der Waals surface area contributed by atoms with Crippen molar-refractivity contribution in [2.45, 2.75) is 44.6 Å². The van der Waals surface area contributed by atoms with Crippen molar-refractivity contribution >= 4 is 17.2 Å². The maximum atomic E-state index is 12.0. The number of unbranched alkanes of at least 4 members (excludes halogenated alkanes) is 2. The third-order valence-electron chi connectivity index (χ3n) is 3.87. The molecule has 0 aromatic carbocycles. The van der Waals surface area contributed by atoms with Crippen LogP contribution in [0.5, 0.6) is 0 Å². The van der Waals surface area contributed by atoms with E-state index in [9.17, 15) is 4.79 Å². The summed E-state index contributed by atoms with van der Waals surface area (Å²) in [6.07, 6.45) is 6.34. The lowest BCUT2D eigenvalue weighted by Crippen LogP contribution is -2.38. The molecule has 1 aromatic rings. The zero-order valence-electron chi connectivity index (χ0n) is 11.7. The lowest BCUT2D eigenvalue weighted by molar-refractivity contribution is -0.131. The first-order valence-electron chi connectivity index (χ1n) is 7.26. The molecule has 1 N–H and O–H groups in total. The SMILES string of the molecule is CN(C(=O)CCCCCc1cccs1)C1CCNC1. The lowest BCUT2D eigenvalue weighted by Gasteiger charge is -2.23. The molecule has 0 radical (unpaired) electrons. The molecule has 0 saturated carbocycles. The fourth-order valence-corrected chi connectivity index (χ4v) is 3.31. The summed E-state index contributed by atoms with van der Waals surface area (Å²) in [6, 6.07) is 4.71. The van der Waals surface area contributed by atoms with Gasteiger partial charge >= 0.3 is 0 Å². The quantitative estimate of drug-likeness (QED) is 0.779. The molecule has 1 unspecified atom stereocenters. The highest BCUT2D eigenvalue weighted by Gasteiger charge is 2.22. The fraction of sp³-hybridized carbons (Fsp3) is 0.667. The van der Waals surface area contributed by atoms with Gasteiger partial charge in [-0.1, -0.05) is 12.5 Å². The number of amides is 1. The van der Waals surface area contributed by atoms with Crippen molar-refractivity contribution in [2.24, 2.45) is 0 Å². The summed E-state index contributed by atoms with van der Waals surface area (Å²) in [5, 5.41) is 5.44. The molecule has 1 saturated heterocycles. The van der Waals surface area contributed by atoms with Crippen LogP contribution < -0.4 is 5.32 Å². The number of nitrogens with one attached hydrogen (secondary N) is 1. The number of hydrogen-bond donors (Lipinski definition) is 1. The minimum Gasteiger partial charge on any atom is -0.341 e. The van der Waals surface area contributed by atoms with E-state index in [0.29, 0.717) is 18.4 Å². The molecule has 19 heavy (non-hydrogen) atoms. The molecule has 1 fully saturated rings. The van der Waals surface area contributed by atoms with E-state index < -0.39 is 0 Å². The van der Waals surface area contributed by atoms with E-state index in [4.69, 9.17) is 0 Å². The molecule has 1 aliphatic rings. The molecule has 1 amide bonds. The van der Waals surface area contributed by atoms with Crippen LogP contribution in [0.4, 0.5) is 0 Å². The second-order valence-electron chi connectivity index (χ2n) is 5.29. The van der Waals surface area contributed by atoms with Crippen LogP contribution in [0.2, 0.25) is 0 Å². The Morgan fingerprint density at radius 2 is 2.37 bits per heavy atom. The molecule has 2 rings (SSSR count). The van der Waals surface area contributed by atoms with Gasteiger partial charge in [0.25, 0.3) is 0 Å². The Labute approximate surface area is 120 Å². The first-order valence-corrected chi connectivity index (χ1v) is 8.14. The number of thiophene rings is 1. The Morgan fingerprint density at radius 1 is 1.47 bits per heavy atom. The van der Waals surface area contributed by atoms with Gasteiger partial charge in [0, 0.05) is 30.9 Å². The zero-order valence-corrected chi connectivity index (χ0v) is 12.5. The van der Waals surface area contributed by atoms with E-state index in [2.05, 4.69) is 22.8 Å². The molecule has 1 atom stereocenters. The number of nitrogens with zero attached hydrogens (tertiary/aromatic N) is 1. The topological polar surface area (TPSA) is 32.3 Å². The summed E-state index contributed by atoms with van der Waals surface area (Å²) in [5.41, 5.74) is 0. The third-order valence-corrected chi connectivity index (χ3v) is 4.81. The monoisotopic (exact) mass is 280 g/mol. The van der Waals surface area contributed by atoms with Gasteiger partial charge in [-0.3, -0.25) is 4.79 Å². The van der Waals surface area contributed by atoms with E-state index in [1.165, 1.54) is 11.3 Å². The fourth-order valence-electron chi connectivity index (χ4n) is 2.56. The van der Waals surface area contributed by atoms with Crippen molar-refractivity contribution in [1.82, 2.24) is 10.2 Å². The zero-order chi connectivity index (χ0) is 13.5. The Balaban J connectivity index is 1.56. The summed E-state index contributed by atoms with van der Waals surface area (Å²) >= 11 is 1.83. The second kappa shape index (κ2) is 7.65. The lowest BCUT2D eigenvalue weighted by atomic mass is 10.1. The van der Waals surface area contributed by atoms with Gasteiger partial charge in [0.2, 0.25) is 5.91 Å². The normalized spacial score (nSPS) is 18.7. The first kappa shape index (κ1) is 14.5. The van der Waals surface area contributed by atoms with Crippen LogP contribution in [0.25, 0.3) is 0 Å². The molecule has 0 spiro atoms. The number of likely N-dealkylation sites (N-methyl/N-ethyl adjacent to an activating group) is 1. The predicted octanol–water partition coefficient (Wildman–Crippen LogP) is 2.67. The molecule has 0 aliphatic carbocycles. The van der Waals surface area contributed by atoms with Gasteiger partial charge in [-0.25, -0.2) is 0 Å². The van der Waals surface area contributed by atoms with Crippen LogP contribution in [0, 0.1) is 0 Å². The van der Waals surface area contributed by atoms with Crippen molar-refractivity contribution in [3.8, 4) is 0 Å². The van der Waals surface area contributed by atoms with Gasteiger partial charge in [0.15, 0.2) is 0 Å². The highest BCUT2D eigenvalue weighted by atomic mass is 32.1. The summed E-state index contributed by atoms with van der Waals surface area (Å²) in [4.78, 5) is 15.4. The Hall–Kier alpha value is -0.870. The van der Waals surface area contributed by atoms with Gasteiger partial charge in [0.1, 0.15) is 0 Å². The number of carbonyl (C=O) groups is 1. The number of aryl methyl sites for hydroxylation is 1. The van der Waals surface area contributed by atoms with E-state index in [1.54, 1.807) is 0 Å². The summed E-state index contributed by atoms with van der Waals surface area (Å²) in [6.45, 7) is 2.00. The van der Waals surface area contributed by atoms with Crippen molar-refractivity contribution in [1.29, 1.82) is 0 Å². The maximum absolute atomic E-state index is 12.0. The highest BCUT2D eigenvalue weighted by molar-refractivity contribution is 7.09. The molecule has 106 valence electrons. The van der Waals surface area contributed by atoms with Crippen molar-refractivity contribution in [3.05, 3.63) is 22.4 Å². The van der Waals surface area contributed by atoms with Gasteiger partial charge in [0.05, 0.1) is 0 Å². The molecule has 4 heteroatoms. The van der Waals surface area contributed by atoms with Crippen LogP contribution in [0.15, 0.2) is 17.5 Å². The third kappa shape index (κ3) is 4.62. The minimum absolute atomic E-state index is 0.310. The van der Waals surface area contributed by atoms with Gasteiger partial charge in [-0.15, -0.1) is 11.3 Å². The van der Waals surface area contributed by atoms with Gasteiger partial charge in [-0.05, 0) is 43.7 Å². The molecule has 0 bridgehead atoms. The van der Waals surface area contributed by atoms with Gasteiger partial charge < -0.3 is 10.2 Å². The Bertz CT molecular complexity index is 372. The summed E-state index contributed by atoms with van der Waals surface area (Å²) in [7, 11) is 1.95. The Morgan fingerprint density at radius 3 is 3.05 bits per heavy atom. The minimum atomic E-state index is 0.310. The number of carbonyl (C=O) groups excluding carboxylic acids is 1. The molecule has 1 aromatic heterocycles. The number of hydrogen-bond acceptors (Lipinski definition) is 3. The van der Waals surface area contributed by atoms with Crippen LogP contribution in [0.1, 0.15) is 37.0 Å². The van der Waals surface area contributed by atoms with Crippen LogP contribution in [-0.2, 0) is 11.2 Å². The molecule has 2 heterocycles. The van der Waals surface area contributed by atoms with Crippen molar-refractivity contribution in [3.63, 3.8) is 0 Å². The van der Waals surface area contributed by atoms with Crippen LogP contribution >= 0.6 is 11.3 Å². The van der Waals surface area contributed by atoms with Crippen molar-refractivity contribution < 1.29 is 4.79 Å². The van der Waals surface area contributed by atoms with Crippen LogP contribution in [-0.4, -0.2) is 37.0 Å². The largest absolute Gasteiger partial charge is 0.341 e. The van der Waals surface area contributed by atoms with Crippen molar-refractivity contribution in [2.75, 3.05) is 20.1 Å². The smallest absolute Gasteiger partial charge is 0.222 e.